The van der Waals surface area contributed by atoms with Gasteiger partial charge in [0, 0.05) is 37.6 Å². The third kappa shape index (κ3) is 3.41. The molecule has 1 atom stereocenters. The lowest BCUT2D eigenvalue weighted by Gasteiger charge is -2.16. The zero-order valence-corrected chi connectivity index (χ0v) is 12.0. The molecule has 1 amide bonds. The number of amides is 1. The molecule has 2 heterocycles. The second-order valence-electron chi connectivity index (χ2n) is 5.61. The summed E-state index contributed by atoms with van der Waals surface area (Å²) in [4.78, 5) is 18.9. The molecule has 0 radical (unpaired) electrons. The molecule has 0 spiro atoms. The molecule has 1 aliphatic heterocycles. The molecule has 3 rings (SSSR count). The number of hydrogen-bond acceptors (Lipinski definition) is 4. The Hall–Kier alpha value is -1.90. The van der Waals surface area contributed by atoms with E-state index in [9.17, 15) is 4.79 Å². The molecule has 1 aliphatic carbocycles. The molecule has 1 aromatic rings. The molecule has 5 heteroatoms. The van der Waals surface area contributed by atoms with Crippen LogP contribution in [0.5, 0.6) is 0 Å². The van der Waals surface area contributed by atoms with Crippen LogP contribution in [0, 0.1) is 11.8 Å². The van der Waals surface area contributed by atoms with Crippen LogP contribution in [-0.4, -0.2) is 47.5 Å². The maximum atomic E-state index is 12.4. The summed E-state index contributed by atoms with van der Waals surface area (Å²) in [6, 6.07) is 2.71. The van der Waals surface area contributed by atoms with Gasteiger partial charge in [-0.25, -0.2) is 0 Å². The van der Waals surface area contributed by atoms with E-state index in [0.29, 0.717) is 11.1 Å². The first-order chi connectivity index (χ1) is 10.3. The van der Waals surface area contributed by atoms with Crippen LogP contribution in [0.1, 0.15) is 35.2 Å². The Morgan fingerprint density at radius 1 is 1.48 bits per heavy atom. The first-order valence-corrected chi connectivity index (χ1v) is 7.46. The van der Waals surface area contributed by atoms with Crippen LogP contribution in [0.2, 0.25) is 0 Å². The minimum atomic E-state index is -0.0682. The highest BCUT2D eigenvalue weighted by Gasteiger charge is 2.34. The summed E-state index contributed by atoms with van der Waals surface area (Å²) in [5.74, 6) is 5.61. The average molecular weight is 284 g/mol. The molecule has 3 N–H and O–H groups in total. The predicted molar refractivity (Wildman–Crippen MR) is 80.6 cm³/mol. The fraction of sp³-hybridized carbons (Fsp3) is 0.500. The third-order valence-electron chi connectivity index (χ3n) is 4.01. The SMILES string of the molecule is NCC#Cc1cnccc1C(=O)NC1CCN(C2CC2)C1. The Kier molecular flexibility index (Phi) is 4.18. The van der Waals surface area contributed by atoms with Crippen LogP contribution in [0.4, 0.5) is 0 Å². The fourth-order valence-corrected chi connectivity index (χ4v) is 2.78. The molecule has 5 nitrogen and oxygen atoms in total. The van der Waals surface area contributed by atoms with E-state index in [1.54, 1.807) is 18.5 Å². The van der Waals surface area contributed by atoms with Gasteiger partial charge in [-0.1, -0.05) is 11.8 Å². The van der Waals surface area contributed by atoms with E-state index >= 15 is 0 Å². The number of carbonyl (C=O) groups is 1. The van der Waals surface area contributed by atoms with Gasteiger partial charge in [0.2, 0.25) is 0 Å². The Balaban J connectivity index is 1.65. The standard InChI is InChI=1S/C16H20N4O/c17-7-1-2-12-10-18-8-5-15(12)16(21)19-13-6-9-20(11-13)14-3-4-14/h5,8,10,13-14H,3-4,6-7,9,11,17H2,(H,19,21). The molecule has 21 heavy (non-hydrogen) atoms. The van der Waals surface area contributed by atoms with Crippen LogP contribution in [0.15, 0.2) is 18.5 Å². The Morgan fingerprint density at radius 3 is 3.10 bits per heavy atom. The summed E-state index contributed by atoms with van der Waals surface area (Å²) < 4.78 is 0. The number of rotatable bonds is 3. The third-order valence-corrected chi connectivity index (χ3v) is 4.01. The molecular formula is C16H20N4O. The van der Waals surface area contributed by atoms with Crippen molar-refractivity contribution in [3.05, 3.63) is 29.6 Å². The summed E-state index contributed by atoms with van der Waals surface area (Å²) >= 11 is 0. The van der Waals surface area contributed by atoms with Gasteiger partial charge in [0.1, 0.15) is 0 Å². The van der Waals surface area contributed by atoms with Crippen molar-refractivity contribution in [1.29, 1.82) is 0 Å². The second kappa shape index (κ2) is 6.25. The number of nitrogens with zero attached hydrogens (tertiary/aromatic N) is 2. The zero-order valence-electron chi connectivity index (χ0n) is 12.0. The van der Waals surface area contributed by atoms with E-state index in [1.807, 2.05) is 0 Å². The van der Waals surface area contributed by atoms with Gasteiger partial charge < -0.3 is 11.1 Å². The van der Waals surface area contributed by atoms with Crippen molar-refractivity contribution in [2.75, 3.05) is 19.6 Å². The molecule has 0 bridgehead atoms. The van der Waals surface area contributed by atoms with Crippen molar-refractivity contribution in [2.45, 2.75) is 31.3 Å². The predicted octanol–water partition coefficient (Wildman–Crippen LogP) is 0.358. The Labute approximate surface area is 124 Å². The van der Waals surface area contributed by atoms with Crippen molar-refractivity contribution >= 4 is 5.91 Å². The van der Waals surface area contributed by atoms with Crippen LogP contribution < -0.4 is 11.1 Å². The monoisotopic (exact) mass is 284 g/mol. The Morgan fingerprint density at radius 2 is 2.33 bits per heavy atom. The number of hydrogen-bond donors (Lipinski definition) is 2. The number of carbonyl (C=O) groups excluding carboxylic acids is 1. The second-order valence-corrected chi connectivity index (χ2v) is 5.61. The van der Waals surface area contributed by atoms with Crippen molar-refractivity contribution in [3.8, 4) is 11.8 Å². The number of likely N-dealkylation sites (tertiary alicyclic amines) is 1. The zero-order chi connectivity index (χ0) is 14.7. The summed E-state index contributed by atoms with van der Waals surface area (Å²) in [6.07, 6.45) is 6.88. The molecule has 1 aromatic heterocycles. The largest absolute Gasteiger partial charge is 0.348 e. The molecule has 0 aromatic carbocycles. The first kappa shape index (κ1) is 14.1. The lowest BCUT2D eigenvalue weighted by Crippen LogP contribution is -2.37. The van der Waals surface area contributed by atoms with Crippen molar-refractivity contribution in [1.82, 2.24) is 15.2 Å². The summed E-state index contributed by atoms with van der Waals surface area (Å²) in [6.45, 7) is 2.33. The van der Waals surface area contributed by atoms with Gasteiger partial charge in [-0.05, 0) is 25.3 Å². The molecule has 2 aliphatic rings. The molecule has 1 saturated heterocycles. The van der Waals surface area contributed by atoms with Gasteiger partial charge in [0.15, 0.2) is 0 Å². The van der Waals surface area contributed by atoms with Gasteiger partial charge in [0.25, 0.3) is 5.91 Å². The van der Waals surface area contributed by atoms with Crippen LogP contribution in [-0.2, 0) is 0 Å². The first-order valence-electron chi connectivity index (χ1n) is 7.46. The van der Waals surface area contributed by atoms with Gasteiger partial charge in [-0.3, -0.25) is 14.7 Å². The fourth-order valence-electron chi connectivity index (χ4n) is 2.78. The lowest BCUT2D eigenvalue weighted by atomic mass is 10.1. The maximum absolute atomic E-state index is 12.4. The van der Waals surface area contributed by atoms with Gasteiger partial charge in [-0.2, -0.15) is 0 Å². The Bertz CT molecular complexity index is 585. The smallest absolute Gasteiger partial charge is 0.252 e. The van der Waals surface area contributed by atoms with Crippen LogP contribution in [0.3, 0.4) is 0 Å². The minimum absolute atomic E-state index is 0.0682. The number of aromatic nitrogens is 1. The molecule has 110 valence electrons. The minimum Gasteiger partial charge on any atom is -0.348 e. The number of nitrogens with one attached hydrogen (secondary N) is 1. The van der Waals surface area contributed by atoms with E-state index < -0.39 is 0 Å². The average Bonchev–Trinajstić information content (AvgIpc) is 3.26. The van der Waals surface area contributed by atoms with E-state index in [0.717, 1.165) is 25.6 Å². The molecule has 1 unspecified atom stereocenters. The highest BCUT2D eigenvalue weighted by molar-refractivity contribution is 5.96. The van der Waals surface area contributed by atoms with E-state index in [1.165, 1.54) is 12.8 Å². The lowest BCUT2D eigenvalue weighted by molar-refractivity contribution is 0.0937. The summed E-state index contributed by atoms with van der Waals surface area (Å²) in [5.41, 5.74) is 6.60. The highest BCUT2D eigenvalue weighted by Crippen LogP contribution is 2.29. The highest BCUT2D eigenvalue weighted by atomic mass is 16.1. The van der Waals surface area contributed by atoms with Crippen molar-refractivity contribution < 1.29 is 4.79 Å². The van der Waals surface area contributed by atoms with E-state index in [-0.39, 0.29) is 18.5 Å². The number of nitrogens with two attached hydrogens (primary N) is 1. The van der Waals surface area contributed by atoms with Crippen LogP contribution >= 0.6 is 0 Å². The van der Waals surface area contributed by atoms with Gasteiger partial charge >= 0.3 is 0 Å². The quantitative estimate of drug-likeness (QED) is 0.786. The van der Waals surface area contributed by atoms with Crippen molar-refractivity contribution in [3.63, 3.8) is 0 Å². The summed E-state index contributed by atoms with van der Waals surface area (Å²) in [5, 5.41) is 3.12. The topological polar surface area (TPSA) is 71.2 Å². The normalized spacial score (nSPS) is 21.7. The van der Waals surface area contributed by atoms with E-state index in [2.05, 4.69) is 27.0 Å². The summed E-state index contributed by atoms with van der Waals surface area (Å²) in [7, 11) is 0. The molecule has 2 fully saturated rings. The van der Waals surface area contributed by atoms with Gasteiger partial charge in [0.05, 0.1) is 17.7 Å². The van der Waals surface area contributed by atoms with E-state index in [4.69, 9.17) is 5.73 Å². The molecular weight excluding hydrogens is 264 g/mol. The van der Waals surface area contributed by atoms with Gasteiger partial charge in [-0.15, -0.1) is 0 Å². The van der Waals surface area contributed by atoms with Crippen molar-refractivity contribution in [2.24, 2.45) is 5.73 Å². The van der Waals surface area contributed by atoms with Crippen LogP contribution in [0.25, 0.3) is 0 Å². The molecule has 1 saturated carbocycles. The number of pyridine rings is 1. The maximum Gasteiger partial charge on any atom is 0.252 e.